The SMILES string of the molecule is CC(C)(C)OC(=O)N1C[C@H](F)C[C@@]2(C1)OC(=O)Nc1ccc(Cl)c(F)c12. The minimum absolute atomic E-state index is 0.0690. The highest BCUT2D eigenvalue weighted by Crippen LogP contribution is 2.45. The summed E-state index contributed by atoms with van der Waals surface area (Å²) in [5.41, 5.74) is -2.40. The summed E-state index contributed by atoms with van der Waals surface area (Å²) in [5.74, 6) is -0.817. The van der Waals surface area contributed by atoms with E-state index < -0.39 is 35.4 Å². The van der Waals surface area contributed by atoms with Crippen molar-refractivity contribution < 1.29 is 27.8 Å². The number of rotatable bonds is 0. The molecule has 2 heterocycles. The number of carbonyl (C=O) groups excluding carboxylic acids is 2. The fourth-order valence-corrected chi connectivity index (χ4v) is 3.44. The molecule has 2 aliphatic rings. The van der Waals surface area contributed by atoms with Crippen molar-refractivity contribution in [1.29, 1.82) is 0 Å². The van der Waals surface area contributed by atoms with Crippen molar-refractivity contribution >= 4 is 29.5 Å². The number of fused-ring (bicyclic) bond motifs is 2. The van der Waals surface area contributed by atoms with E-state index in [1.165, 1.54) is 12.1 Å². The number of halogens is 3. The van der Waals surface area contributed by atoms with Crippen LogP contribution in [-0.4, -0.2) is 41.9 Å². The van der Waals surface area contributed by atoms with Crippen LogP contribution in [0.3, 0.4) is 0 Å². The van der Waals surface area contributed by atoms with Crippen LogP contribution in [0, 0.1) is 5.82 Å². The first-order valence-electron chi connectivity index (χ1n) is 8.11. The zero-order chi connectivity index (χ0) is 19.3. The Labute approximate surface area is 154 Å². The number of ether oxygens (including phenoxy) is 2. The third-order valence-corrected chi connectivity index (χ3v) is 4.43. The summed E-state index contributed by atoms with van der Waals surface area (Å²) in [7, 11) is 0. The number of nitrogens with zero attached hydrogens (tertiary/aromatic N) is 1. The molecule has 3 rings (SSSR count). The van der Waals surface area contributed by atoms with Gasteiger partial charge in [-0.3, -0.25) is 5.32 Å². The predicted octanol–water partition coefficient (Wildman–Crippen LogP) is 4.22. The highest BCUT2D eigenvalue weighted by Gasteiger charge is 2.52. The van der Waals surface area contributed by atoms with E-state index in [4.69, 9.17) is 21.1 Å². The Kier molecular flexibility index (Phi) is 4.50. The quantitative estimate of drug-likeness (QED) is 0.722. The zero-order valence-corrected chi connectivity index (χ0v) is 15.3. The van der Waals surface area contributed by atoms with Gasteiger partial charge in [0.15, 0.2) is 11.4 Å². The van der Waals surface area contributed by atoms with Gasteiger partial charge in [-0.15, -0.1) is 0 Å². The first-order chi connectivity index (χ1) is 12.0. The fraction of sp³-hybridized carbons (Fsp3) is 0.529. The summed E-state index contributed by atoms with van der Waals surface area (Å²) < 4.78 is 39.8. The normalized spacial score (nSPS) is 25.4. The van der Waals surface area contributed by atoms with E-state index in [0.29, 0.717) is 0 Å². The molecule has 1 N–H and O–H groups in total. The second kappa shape index (κ2) is 6.26. The minimum Gasteiger partial charge on any atom is -0.444 e. The second-order valence-electron chi connectivity index (χ2n) is 7.46. The lowest BCUT2D eigenvalue weighted by Crippen LogP contribution is -2.57. The molecule has 0 aliphatic carbocycles. The molecule has 26 heavy (non-hydrogen) atoms. The van der Waals surface area contributed by atoms with Crippen molar-refractivity contribution in [3.05, 3.63) is 28.5 Å². The smallest absolute Gasteiger partial charge is 0.412 e. The molecule has 0 aromatic heterocycles. The molecular weight excluding hydrogens is 370 g/mol. The third kappa shape index (κ3) is 3.42. The van der Waals surface area contributed by atoms with Crippen molar-refractivity contribution in [2.45, 2.75) is 44.6 Å². The average Bonchev–Trinajstić information content (AvgIpc) is 2.48. The summed E-state index contributed by atoms with van der Waals surface area (Å²) in [6, 6.07) is 2.71. The molecule has 2 aliphatic heterocycles. The number of hydrogen-bond acceptors (Lipinski definition) is 4. The first-order valence-corrected chi connectivity index (χ1v) is 8.49. The van der Waals surface area contributed by atoms with Gasteiger partial charge in [0.2, 0.25) is 0 Å². The van der Waals surface area contributed by atoms with Crippen molar-refractivity contribution in [2.24, 2.45) is 0 Å². The molecule has 1 saturated heterocycles. The molecule has 9 heteroatoms. The highest BCUT2D eigenvalue weighted by molar-refractivity contribution is 6.31. The Bertz CT molecular complexity index is 768. The van der Waals surface area contributed by atoms with E-state index >= 15 is 0 Å². The molecule has 2 amide bonds. The molecule has 0 saturated carbocycles. The molecular formula is C17H19ClF2N2O4. The van der Waals surface area contributed by atoms with E-state index in [9.17, 15) is 18.4 Å². The molecule has 1 aromatic carbocycles. The number of likely N-dealkylation sites (tertiary alicyclic amines) is 1. The van der Waals surface area contributed by atoms with Crippen molar-refractivity contribution in [3.8, 4) is 0 Å². The zero-order valence-electron chi connectivity index (χ0n) is 14.6. The molecule has 1 fully saturated rings. The average molecular weight is 389 g/mol. The summed E-state index contributed by atoms with van der Waals surface area (Å²) >= 11 is 5.86. The van der Waals surface area contributed by atoms with Gasteiger partial charge in [-0.05, 0) is 32.9 Å². The summed E-state index contributed by atoms with van der Waals surface area (Å²) in [6.45, 7) is 4.56. The number of amides is 2. The molecule has 0 radical (unpaired) electrons. The van der Waals surface area contributed by atoms with Crippen LogP contribution < -0.4 is 5.32 Å². The molecule has 2 atom stereocenters. The predicted molar refractivity (Wildman–Crippen MR) is 90.5 cm³/mol. The Morgan fingerprint density at radius 2 is 2.15 bits per heavy atom. The monoisotopic (exact) mass is 388 g/mol. The van der Waals surface area contributed by atoms with Crippen LogP contribution in [0.15, 0.2) is 12.1 Å². The standard InChI is InChI=1S/C17H19ClF2N2O4/c1-16(2,3)26-15(24)22-7-9(19)6-17(8-22)12-11(21-14(23)25-17)5-4-10(18)13(12)20/h4-5,9H,6-8H2,1-3H3,(H,21,23)/t9-,17+/m1/s1. The minimum atomic E-state index is -1.68. The van der Waals surface area contributed by atoms with E-state index in [0.717, 1.165) is 4.90 Å². The maximum atomic E-state index is 14.7. The van der Waals surface area contributed by atoms with Crippen LogP contribution in [0.25, 0.3) is 0 Å². The van der Waals surface area contributed by atoms with Crippen LogP contribution >= 0.6 is 11.6 Å². The van der Waals surface area contributed by atoms with Crippen LogP contribution in [0.5, 0.6) is 0 Å². The first kappa shape index (κ1) is 18.7. The van der Waals surface area contributed by atoms with Gasteiger partial charge < -0.3 is 14.4 Å². The Balaban J connectivity index is 2.03. The van der Waals surface area contributed by atoms with Gasteiger partial charge in [-0.1, -0.05) is 11.6 Å². The molecule has 0 unspecified atom stereocenters. The summed E-state index contributed by atoms with van der Waals surface area (Å²) in [4.78, 5) is 25.4. The van der Waals surface area contributed by atoms with Gasteiger partial charge in [0.25, 0.3) is 0 Å². The maximum Gasteiger partial charge on any atom is 0.412 e. The number of alkyl halides is 1. The van der Waals surface area contributed by atoms with Crippen molar-refractivity contribution in [1.82, 2.24) is 4.90 Å². The van der Waals surface area contributed by atoms with E-state index in [1.54, 1.807) is 20.8 Å². The van der Waals surface area contributed by atoms with E-state index in [2.05, 4.69) is 5.32 Å². The Morgan fingerprint density at radius 1 is 1.46 bits per heavy atom. The second-order valence-corrected chi connectivity index (χ2v) is 7.86. The lowest BCUT2D eigenvalue weighted by molar-refractivity contribution is -0.0766. The Hall–Kier alpha value is -2.09. The van der Waals surface area contributed by atoms with E-state index in [1.807, 2.05) is 0 Å². The number of piperidine rings is 1. The van der Waals surface area contributed by atoms with Gasteiger partial charge in [-0.25, -0.2) is 18.4 Å². The summed E-state index contributed by atoms with van der Waals surface area (Å²) in [5, 5.41) is 2.19. The topological polar surface area (TPSA) is 67.9 Å². The number of hydrogen-bond donors (Lipinski definition) is 1. The van der Waals surface area contributed by atoms with Crippen molar-refractivity contribution in [3.63, 3.8) is 0 Å². The fourth-order valence-electron chi connectivity index (χ4n) is 3.28. The van der Waals surface area contributed by atoms with Gasteiger partial charge in [0.1, 0.15) is 11.8 Å². The maximum absolute atomic E-state index is 14.7. The van der Waals surface area contributed by atoms with Gasteiger partial charge in [-0.2, -0.15) is 0 Å². The van der Waals surface area contributed by atoms with Crippen LogP contribution in [0.1, 0.15) is 32.8 Å². The highest BCUT2D eigenvalue weighted by atomic mass is 35.5. The Morgan fingerprint density at radius 3 is 2.81 bits per heavy atom. The molecule has 1 aromatic rings. The lowest BCUT2D eigenvalue weighted by atomic mass is 9.82. The lowest BCUT2D eigenvalue weighted by Gasteiger charge is -2.46. The van der Waals surface area contributed by atoms with E-state index in [-0.39, 0.29) is 35.8 Å². The molecule has 142 valence electrons. The van der Waals surface area contributed by atoms with Gasteiger partial charge in [0, 0.05) is 6.42 Å². The number of nitrogens with one attached hydrogen (secondary N) is 1. The van der Waals surface area contributed by atoms with Crippen LogP contribution in [0.2, 0.25) is 5.02 Å². The number of carbonyl (C=O) groups is 2. The number of anilines is 1. The largest absolute Gasteiger partial charge is 0.444 e. The third-order valence-electron chi connectivity index (χ3n) is 4.14. The van der Waals surface area contributed by atoms with Crippen LogP contribution in [0.4, 0.5) is 24.1 Å². The van der Waals surface area contributed by atoms with Crippen LogP contribution in [-0.2, 0) is 15.1 Å². The van der Waals surface area contributed by atoms with Gasteiger partial charge >= 0.3 is 12.2 Å². The summed E-state index contributed by atoms with van der Waals surface area (Å²) in [6.07, 6.45) is -3.44. The van der Waals surface area contributed by atoms with Crippen molar-refractivity contribution in [2.75, 3.05) is 18.4 Å². The molecule has 0 bridgehead atoms. The molecule has 6 nitrogen and oxygen atoms in total. The number of benzene rings is 1. The molecule has 1 spiro atoms. The van der Waals surface area contributed by atoms with Gasteiger partial charge in [0.05, 0.1) is 29.4 Å².